The summed E-state index contributed by atoms with van der Waals surface area (Å²) in [4.78, 5) is 12.8. The molecular weight excluding hydrogens is 332 g/mol. The highest BCUT2D eigenvalue weighted by atomic mass is 19.1. The fourth-order valence-corrected chi connectivity index (χ4v) is 4.30. The maximum absolute atomic E-state index is 14.1. The van der Waals surface area contributed by atoms with Gasteiger partial charge in [0.15, 0.2) is 5.82 Å². The molecule has 1 N–H and O–H groups in total. The van der Waals surface area contributed by atoms with Gasteiger partial charge < -0.3 is 4.98 Å². The first kappa shape index (κ1) is 15.7. The van der Waals surface area contributed by atoms with E-state index >= 15 is 0 Å². The topological polar surface area (TPSA) is 41.0 Å². The van der Waals surface area contributed by atoms with Crippen molar-refractivity contribution >= 4 is 16.7 Å². The van der Waals surface area contributed by atoms with Crippen LogP contribution in [0.25, 0.3) is 22.2 Å². The molecule has 1 spiro atoms. The molecule has 2 aliphatic rings. The van der Waals surface area contributed by atoms with Crippen molar-refractivity contribution in [3.63, 3.8) is 0 Å². The highest BCUT2D eigenvalue weighted by Gasteiger charge is 2.40. The zero-order valence-corrected chi connectivity index (χ0v) is 14.4. The summed E-state index contributed by atoms with van der Waals surface area (Å²) in [5, 5.41) is 0. The monoisotopic (exact) mass is 351 g/mol. The molecule has 1 aliphatic carbocycles. The molecule has 132 valence electrons. The predicted octanol–water partition coefficient (Wildman–Crippen LogP) is 5.40. The van der Waals surface area contributed by atoms with E-state index in [9.17, 15) is 8.78 Å². The highest BCUT2D eigenvalue weighted by Crippen LogP contribution is 2.42. The quantitative estimate of drug-likeness (QED) is 0.659. The van der Waals surface area contributed by atoms with E-state index in [1.54, 1.807) is 18.2 Å². The van der Waals surface area contributed by atoms with E-state index in [1.165, 1.54) is 50.3 Å². The molecule has 2 aromatic carbocycles. The molecule has 3 nitrogen and oxygen atoms in total. The number of halogens is 2. The van der Waals surface area contributed by atoms with Crippen molar-refractivity contribution in [1.29, 1.82) is 0 Å². The first-order valence-corrected chi connectivity index (χ1v) is 9.17. The van der Waals surface area contributed by atoms with Crippen LogP contribution < -0.4 is 0 Å². The molecule has 0 saturated heterocycles. The first-order valence-electron chi connectivity index (χ1n) is 9.17. The molecule has 0 radical (unpaired) electrons. The molecule has 5 heteroatoms. The Morgan fingerprint density at radius 1 is 0.962 bits per heavy atom. The van der Waals surface area contributed by atoms with Gasteiger partial charge in [0.05, 0.1) is 27.8 Å². The summed E-state index contributed by atoms with van der Waals surface area (Å²) in [6.07, 6.45) is 7.15. The van der Waals surface area contributed by atoms with Gasteiger partial charge in [-0.15, -0.1) is 0 Å². The van der Waals surface area contributed by atoms with E-state index in [0.717, 1.165) is 29.0 Å². The standard InChI is InChI=1S/C21H19F2N3/c22-14-5-4-6-15(23)19(14)13-7-8-16-17(11-13)25-20(24-16)18-12-21(26-18)9-2-1-3-10-21/h4-8,11H,1-3,9-10,12H2,(H,24,25). The Morgan fingerprint density at radius 3 is 2.42 bits per heavy atom. The van der Waals surface area contributed by atoms with Gasteiger partial charge in [-0.3, -0.25) is 4.99 Å². The summed E-state index contributed by atoms with van der Waals surface area (Å²) in [7, 11) is 0. The Kier molecular flexibility index (Phi) is 3.45. The third kappa shape index (κ3) is 2.45. The van der Waals surface area contributed by atoms with Crippen molar-refractivity contribution in [2.24, 2.45) is 4.99 Å². The highest BCUT2D eigenvalue weighted by molar-refractivity contribution is 6.04. The first-order chi connectivity index (χ1) is 12.6. The largest absolute Gasteiger partial charge is 0.337 e. The van der Waals surface area contributed by atoms with Crippen LogP contribution >= 0.6 is 0 Å². The number of hydrogen-bond donors (Lipinski definition) is 1. The zero-order valence-electron chi connectivity index (χ0n) is 14.4. The second-order valence-electron chi connectivity index (χ2n) is 7.43. The molecular formula is C21H19F2N3. The lowest BCUT2D eigenvalue weighted by Crippen LogP contribution is -2.41. The maximum Gasteiger partial charge on any atom is 0.152 e. The third-order valence-corrected chi connectivity index (χ3v) is 5.66. The molecule has 5 rings (SSSR count). The maximum atomic E-state index is 14.1. The number of aromatic nitrogens is 2. The number of benzene rings is 2. The molecule has 3 aromatic rings. The van der Waals surface area contributed by atoms with Crippen LogP contribution in [0.1, 0.15) is 44.3 Å². The number of rotatable bonds is 2. The summed E-state index contributed by atoms with van der Waals surface area (Å²) in [6.45, 7) is 0. The van der Waals surface area contributed by atoms with Gasteiger partial charge in [0.2, 0.25) is 0 Å². The van der Waals surface area contributed by atoms with E-state index in [1.807, 2.05) is 0 Å². The van der Waals surface area contributed by atoms with Crippen molar-refractivity contribution in [3.8, 4) is 11.1 Å². The molecule has 0 bridgehead atoms. The number of nitrogens with zero attached hydrogens (tertiary/aromatic N) is 2. The van der Waals surface area contributed by atoms with Gasteiger partial charge in [-0.05, 0) is 42.7 Å². The number of hydrogen-bond acceptors (Lipinski definition) is 2. The van der Waals surface area contributed by atoms with Crippen molar-refractivity contribution < 1.29 is 8.78 Å². The Labute approximate surface area is 150 Å². The van der Waals surface area contributed by atoms with E-state index in [4.69, 9.17) is 4.99 Å². The smallest absolute Gasteiger partial charge is 0.152 e. The second kappa shape index (κ2) is 5.73. The minimum absolute atomic E-state index is 0.00677. The van der Waals surface area contributed by atoms with E-state index in [2.05, 4.69) is 9.97 Å². The normalized spacial score (nSPS) is 18.8. The zero-order chi connectivity index (χ0) is 17.7. The van der Waals surface area contributed by atoms with Crippen LogP contribution in [0.3, 0.4) is 0 Å². The Hall–Kier alpha value is -2.56. The second-order valence-corrected chi connectivity index (χ2v) is 7.43. The molecule has 1 saturated carbocycles. The number of aromatic amines is 1. The van der Waals surface area contributed by atoms with Crippen LogP contribution in [0.5, 0.6) is 0 Å². The summed E-state index contributed by atoms with van der Waals surface area (Å²) in [5.74, 6) is -0.347. The van der Waals surface area contributed by atoms with Gasteiger partial charge in [-0.1, -0.05) is 31.4 Å². The number of aliphatic imine (C=N–C) groups is 1. The minimum atomic E-state index is -0.563. The van der Waals surface area contributed by atoms with Crippen molar-refractivity contribution in [1.82, 2.24) is 9.97 Å². The molecule has 1 aliphatic heterocycles. The van der Waals surface area contributed by atoms with E-state index in [-0.39, 0.29) is 11.1 Å². The van der Waals surface area contributed by atoms with Crippen molar-refractivity contribution in [2.75, 3.05) is 0 Å². The van der Waals surface area contributed by atoms with Crippen molar-refractivity contribution in [2.45, 2.75) is 44.1 Å². The van der Waals surface area contributed by atoms with Gasteiger partial charge in [-0.2, -0.15) is 0 Å². The summed E-state index contributed by atoms with van der Waals surface area (Å²) in [6, 6.07) is 9.17. The fourth-order valence-electron chi connectivity index (χ4n) is 4.30. The predicted molar refractivity (Wildman–Crippen MR) is 98.4 cm³/mol. The lowest BCUT2D eigenvalue weighted by atomic mass is 9.74. The lowest BCUT2D eigenvalue weighted by molar-refractivity contribution is 0.283. The van der Waals surface area contributed by atoms with Crippen LogP contribution in [0, 0.1) is 11.6 Å². The minimum Gasteiger partial charge on any atom is -0.337 e. The van der Waals surface area contributed by atoms with Crippen molar-refractivity contribution in [3.05, 3.63) is 53.9 Å². The molecule has 0 amide bonds. The van der Waals surface area contributed by atoms with Gasteiger partial charge in [0.25, 0.3) is 0 Å². The Balaban J connectivity index is 1.51. The summed E-state index contributed by atoms with van der Waals surface area (Å²) < 4.78 is 28.1. The van der Waals surface area contributed by atoms with Gasteiger partial charge in [0.1, 0.15) is 11.6 Å². The van der Waals surface area contributed by atoms with Crippen LogP contribution in [0.2, 0.25) is 0 Å². The number of imidazole rings is 1. The number of H-pyrrole nitrogens is 1. The van der Waals surface area contributed by atoms with Gasteiger partial charge in [0, 0.05) is 6.42 Å². The number of nitrogens with one attached hydrogen (secondary N) is 1. The van der Waals surface area contributed by atoms with Crippen LogP contribution in [0.4, 0.5) is 8.78 Å². The fraction of sp³-hybridized carbons (Fsp3) is 0.333. The third-order valence-electron chi connectivity index (χ3n) is 5.66. The van der Waals surface area contributed by atoms with Crippen LogP contribution in [0.15, 0.2) is 41.4 Å². The molecule has 0 unspecified atom stereocenters. The number of fused-ring (bicyclic) bond motifs is 1. The molecule has 2 heterocycles. The van der Waals surface area contributed by atoms with Crippen LogP contribution in [-0.4, -0.2) is 21.2 Å². The van der Waals surface area contributed by atoms with Gasteiger partial charge >= 0.3 is 0 Å². The Bertz CT molecular complexity index is 1010. The molecule has 1 fully saturated rings. The lowest BCUT2D eigenvalue weighted by Gasteiger charge is -2.41. The summed E-state index contributed by atoms with van der Waals surface area (Å²) >= 11 is 0. The SMILES string of the molecule is Fc1cccc(F)c1-c1ccc2nc(C3=NC4(CCCCC4)C3)[nH]c2c1. The average molecular weight is 351 g/mol. The molecule has 0 atom stereocenters. The molecule has 26 heavy (non-hydrogen) atoms. The Morgan fingerprint density at radius 2 is 1.69 bits per heavy atom. The van der Waals surface area contributed by atoms with E-state index < -0.39 is 11.6 Å². The average Bonchev–Trinajstić information content (AvgIpc) is 3.03. The van der Waals surface area contributed by atoms with Crippen LogP contribution in [-0.2, 0) is 0 Å². The van der Waals surface area contributed by atoms with E-state index in [0.29, 0.717) is 5.56 Å². The summed E-state index contributed by atoms with van der Waals surface area (Å²) in [5.41, 5.74) is 3.21. The van der Waals surface area contributed by atoms with Gasteiger partial charge in [-0.25, -0.2) is 13.8 Å². The molecule has 1 aromatic heterocycles.